The molecule has 3 unspecified atom stereocenters. The topological polar surface area (TPSA) is 512 Å². The summed E-state index contributed by atoms with van der Waals surface area (Å²) in [5.74, 6) is -0.295. The third kappa shape index (κ3) is 8.93. The number of aliphatic hydroxyl groups is 4. The number of aromatic amines is 1. The number of anilines is 2. The molecule has 30 nitrogen and oxygen atoms in total. The SMILES string of the molecule is N.N.N.Nc1nc2c(ncn2[C@@H]2O[C@H](COP(=O)(O)OP(=O)(O)OP(=O)(O)OC[C@H]3O[C@@H](n4cnc5c(N)ncnc54)[C@H](O)[C@@H]3O)[C@@H](O)[C@H]2O)c(=O)[nH]1. The first-order chi connectivity index (χ1) is 23.4. The molecule has 0 saturated carbocycles. The number of nitrogen functional groups attached to an aromatic ring is 2. The predicted molar refractivity (Wildman–Crippen MR) is 173 cm³/mol. The van der Waals surface area contributed by atoms with Gasteiger partial charge in [-0.1, -0.05) is 0 Å². The van der Waals surface area contributed by atoms with Crippen molar-refractivity contribution in [3.8, 4) is 0 Å². The summed E-state index contributed by atoms with van der Waals surface area (Å²) in [7, 11) is -17.3. The van der Waals surface area contributed by atoms with Crippen molar-refractivity contribution in [2.75, 3.05) is 24.7 Å². The van der Waals surface area contributed by atoms with Gasteiger partial charge in [-0.25, -0.2) is 33.6 Å². The number of fused-ring (bicyclic) bond motifs is 2. The zero-order chi connectivity index (χ0) is 36.3. The van der Waals surface area contributed by atoms with Gasteiger partial charge >= 0.3 is 23.5 Å². The summed E-state index contributed by atoms with van der Waals surface area (Å²) >= 11 is 0. The van der Waals surface area contributed by atoms with E-state index in [4.69, 9.17) is 20.9 Å². The Bertz CT molecular complexity index is 2120. The smallest absolute Gasteiger partial charge is 0.387 e. The van der Waals surface area contributed by atoms with Crippen LogP contribution in [-0.2, 0) is 40.8 Å². The number of nitrogens with two attached hydrogens (primary N) is 2. The van der Waals surface area contributed by atoms with Crippen LogP contribution >= 0.6 is 23.5 Å². The number of aliphatic hydroxyl groups excluding tert-OH is 4. The van der Waals surface area contributed by atoms with E-state index in [1.165, 1.54) is 10.9 Å². The number of phosphoric ester groups is 2. The Hall–Kier alpha value is -3.45. The average Bonchev–Trinajstić information content (AvgIpc) is 3.76. The fourth-order valence-electron chi connectivity index (χ4n) is 5.04. The van der Waals surface area contributed by atoms with Crippen molar-refractivity contribution < 1.29 is 75.9 Å². The molecule has 2 aliphatic heterocycles. The number of hydrogen-bond donors (Lipinski definition) is 13. The van der Waals surface area contributed by atoms with Crippen molar-refractivity contribution in [1.82, 2.24) is 57.5 Å². The number of aromatic nitrogens is 8. The normalized spacial score (nSPS) is 29.0. The van der Waals surface area contributed by atoms with Crippen LogP contribution in [0.3, 0.4) is 0 Å². The molecule has 21 N–H and O–H groups in total. The molecule has 0 radical (unpaired) electrons. The second kappa shape index (κ2) is 16.1. The first kappa shape index (κ1) is 44.0. The number of H-pyrrole nitrogens is 1. The number of phosphoric acid groups is 3. The summed E-state index contributed by atoms with van der Waals surface area (Å²) < 4.78 is 67.7. The first-order valence-electron chi connectivity index (χ1n) is 13.7. The quantitative estimate of drug-likeness (QED) is 0.0642. The number of imidazole rings is 2. The molecule has 2 aliphatic rings. The third-order valence-electron chi connectivity index (χ3n) is 7.28. The van der Waals surface area contributed by atoms with Crippen molar-refractivity contribution in [2.45, 2.75) is 49.1 Å². The Labute approximate surface area is 294 Å². The van der Waals surface area contributed by atoms with Gasteiger partial charge in [0.2, 0.25) is 5.95 Å². The minimum atomic E-state index is -5.97. The molecular formula is C20H36N13O17P3. The lowest BCUT2D eigenvalue weighted by atomic mass is 10.1. The van der Waals surface area contributed by atoms with Gasteiger partial charge in [0.1, 0.15) is 48.5 Å². The Morgan fingerprint density at radius 2 is 1.19 bits per heavy atom. The van der Waals surface area contributed by atoms with Gasteiger partial charge in [0, 0.05) is 0 Å². The van der Waals surface area contributed by atoms with Gasteiger partial charge in [-0.05, 0) is 0 Å². The summed E-state index contributed by atoms with van der Waals surface area (Å²) in [5, 5.41) is 41.8. The lowest BCUT2D eigenvalue weighted by Crippen LogP contribution is -2.33. The molecule has 33 heteroatoms. The average molecular weight is 824 g/mol. The van der Waals surface area contributed by atoms with Gasteiger partial charge in [0.25, 0.3) is 5.56 Å². The van der Waals surface area contributed by atoms with Crippen LogP contribution in [0.2, 0.25) is 0 Å². The molecular weight excluding hydrogens is 787 g/mol. The molecule has 6 rings (SSSR count). The lowest BCUT2D eigenvalue weighted by molar-refractivity contribution is -0.0510. The van der Waals surface area contributed by atoms with Gasteiger partial charge in [-0.2, -0.15) is 13.6 Å². The summed E-state index contributed by atoms with van der Waals surface area (Å²) in [5.41, 5.74) is 10.5. The lowest BCUT2D eigenvalue weighted by Gasteiger charge is -2.21. The van der Waals surface area contributed by atoms with E-state index in [0.717, 1.165) is 17.2 Å². The fraction of sp³-hybridized carbons (Fsp3) is 0.500. The van der Waals surface area contributed by atoms with E-state index in [0.29, 0.717) is 0 Å². The van der Waals surface area contributed by atoms with Gasteiger partial charge in [-0.3, -0.25) is 28.0 Å². The minimum absolute atomic E-state index is 0. The zero-order valence-corrected chi connectivity index (χ0v) is 29.4. The summed E-state index contributed by atoms with van der Waals surface area (Å²) in [6.07, 6.45) is -9.66. The van der Waals surface area contributed by atoms with E-state index in [2.05, 4.69) is 47.6 Å². The molecule has 0 amide bonds. The number of nitrogens with one attached hydrogen (secondary N) is 1. The van der Waals surface area contributed by atoms with Crippen LogP contribution in [0.5, 0.6) is 0 Å². The number of hydrogen-bond acceptors (Lipinski definition) is 24. The highest BCUT2D eigenvalue weighted by Crippen LogP contribution is 2.67. The summed E-state index contributed by atoms with van der Waals surface area (Å²) in [6, 6.07) is 0. The molecule has 2 fully saturated rings. The van der Waals surface area contributed by atoms with Gasteiger partial charge in [0.15, 0.2) is 35.1 Å². The second-order valence-corrected chi connectivity index (χ2v) is 15.2. The summed E-state index contributed by atoms with van der Waals surface area (Å²) in [4.78, 5) is 63.6. The molecule has 6 heterocycles. The van der Waals surface area contributed by atoms with Gasteiger partial charge < -0.3 is 74.5 Å². The van der Waals surface area contributed by atoms with E-state index >= 15 is 0 Å². The van der Waals surface area contributed by atoms with Crippen molar-refractivity contribution in [3.05, 3.63) is 29.3 Å². The van der Waals surface area contributed by atoms with Crippen LogP contribution in [0.1, 0.15) is 12.5 Å². The molecule has 0 spiro atoms. The molecule has 0 bridgehead atoms. The van der Waals surface area contributed by atoms with Crippen LogP contribution in [0.4, 0.5) is 11.8 Å². The highest BCUT2D eigenvalue weighted by atomic mass is 31.3. The second-order valence-electron chi connectivity index (χ2n) is 10.6. The Morgan fingerprint density at radius 3 is 1.70 bits per heavy atom. The van der Waals surface area contributed by atoms with Gasteiger partial charge in [0.05, 0.1) is 25.9 Å². The number of ether oxygens (including phenoxy) is 2. The summed E-state index contributed by atoms with van der Waals surface area (Å²) in [6.45, 7) is -2.12. The van der Waals surface area contributed by atoms with E-state index < -0.39 is 91.3 Å². The number of nitrogens with zero attached hydrogens (tertiary/aromatic N) is 7. The largest absolute Gasteiger partial charge is 0.490 e. The van der Waals surface area contributed by atoms with E-state index in [-0.39, 0.29) is 52.5 Å². The number of rotatable bonds is 12. The van der Waals surface area contributed by atoms with Gasteiger partial charge in [-0.15, -0.1) is 0 Å². The van der Waals surface area contributed by atoms with Crippen LogP contribution in [0, 0.1) is 0 Å². The molecule has 0 aromatic carbocycles. The maximum Gasteiger partial charge on any atom is 0.490 e. The first-order valence-corrected chi connectivity index (χ1v) is 18.2. The van der Waals surface area contributed by atoms with E-state index in [1.54, 1.807) is 0 Å². The van der Waals surface area contributed by atoms with Crippen molar-refractivity contribution in [2.24, 2.45) is 0 Å². The standard InChI is InChI=1S/C20H27N10O17P3.3H3N/c21-14-8-15(24-3-23-14)29(4-25-8)18-12(33)10(31)6(44-18)1-42-48(36,37)46-50(40,41)47-49(38,39)43-2-7-11(32)13(34)19(45-7)30-5-26-9-16(30)27-20(22)28-17(9)35;;;/h3-7,10-13,18-19,31-34H,1-2H2,(H,36,37)(H,38,39)(H,40,41)(H2,21,23,24)(H3,22,27,28,35);3*1H3/t6-,7-,10-,11-,12-,13-,18-,19-;;;/m1.../s1. The van der Waals surface area contributed by atoms with Crippen molar-refractivity contribution in [3.63, 3.8) is 0 Å². The molecule has 298 valence electrons. The Morgan fingerprint density at radius 1 is 0.717 bits per heavy atom. The maximum atomic E-state index is 12.4. The Balaban J connectivity index is 0.00000252. The van der Waals surface area contributed by atoms with E-state index in [1.807, 2.05) is 0 Å². The minimum Gasteiger partial charge on any atom is -0.387 e. The van der Waals surface area contributed by atoms with Crippen molar-refractivity contribution in [1.29, 1.82) is 0 Å². The monoisotopic (exact) mass is 823 g/mol. The third-order valence-corrected chi connectivity index (χ3v) is 11.5. The molecule has 2 saturated heterocycles. The molecule has 4 aromatic rings. The Kier molecular flexibility index (Phi) is 13.4. The van der Waals surface area contributed by atoms with Crippen molar-refractivity contribution >= 4 is 57.6 Å². The molecule has 4 aromatic heterocycles. The van der Waals surface area contributed by atoms with Crippen LogP contribution in [-0.4, -0.2) is 124 Å². The highest BCUT2D eigenvalue weighted by molar-refractivity contribution is 7.66. The molecule has 0 aliphatic carbocycles. The molecule has 11 atom stereocenters. The van der Waals surface area contributed by atoms with Crippen LogP contribution < -0.4 is 35.5 Å². The van der Waals surface area contributed by atoms with Crippen LogP contribution in [0.25, 0.3) is 22.3 Å². The van der Waals surface area contributed by atoms with E-state index in [9.17, 15) is 53.6 Å². The van der Waals surface area contributed by atoms with Crippen LogP contribution in [0.15, 0.2) is 23.8 Å². The zero-order valence-electron chi connectivity index (χ0n) is 26.7. The maximum absolute atomic E-state index is 12.4. The predicted octanol–water partition coefficient (Wildman–Crippen LogP) is -2.78. The molecule has 53 heavy (non-hydrogen) atoms. The fourth-order valence-corrected chi connectivity index (χ4v) is 8.56. The highest BCUT2D eigenvalue weighted by Gasteiger charge is 2.49.